The van der Waals surface area contributed by atoms with Gasteiger partial charge in [-0.15, -0.1) is 0 Å². The Bertz CT molecular complexity index is 1320. The Morgan fingerprint density at radius 1 is 1.02 bits per heavy atom. The van der Waals surface area contributed by atoms with Crippen molar-refractivity contribution in [1.29, 1.82) is 0 Å². The second-order valence-corrected chi connectivity index (χ2v) is 10.4. The molecule has 4 rings (SSSR count). The van der Waals surface area contributed by atoms with E-state index in [9.17, 15) is 22.8 Å². The Labute approximate surface area is 242 Å². The summed E-state index contributed by atoms with van der Waals surface area (Å²) in [6, 6.07) is 19.5. The Balaban J connectivity index is 1.53. The van der Waals surface area contributed by atoms with Crippen molar-refractivity contribution >= 4 is 35.0 Å². The third-order valence-electron chi connectivity index (χ3n) is 6.93. The molecule has 1 aliphatic carbocycles. The van der Waals surface area contributed by atoms with Gasteiger partial charge in [0, 0.05) is 17.7 Å². The summed E-state index contributed by atoms with van der Waals surface area (Å²) in [5.41, 5.74) is 1.09. The van der Waals surface area contributed by atoms with Crippen LogP contribution in [0, 0.1) is 12.1 Å². The Morgan fingerprint density at radius 2 is 1.76 bits per heavy atom. The van der Waals surface area contributed by atoms with Gasteiger partial charge in [0.1, 0.15) is 5.75 Å². The number of anilines is 2. The first-order chi connectivity index (χ1) is 19.6. The van der Waals surface area contributed by atoms with Crippen molar-refractivity contribution in [3.63, 3.8) is 0 Å². The van der Waals surface area contributed by atoms with E-state index in [-0.39, 0.29) is 25.3 Å². The highest BCUT2D eigenvalue weighted by Crippen LogP contribution is 2.36. The highest BCUT2D eigenvalue weighted by Gasteiger charge is 2.33. The maximum Gasteiger partial charge on any atom is 0.417 e. The van der Waals surface area contributed by atoms with Crippen LogP contribution in [0.3, 0.4) is 0 Å². The van der Waals surface area contributed by atoms with E-state index in [4.69, 9.17) is 21.4 Å². The predicted molar refractivity (Wildman–Crippen MR) is 150 cm³/mol. The van der Waals surface area contributed by atoms with Crippen LogP contribution in [0.1, 0.15) is 67.6 Å². The smallest absolute Gasteiger partial charge is 0.417 e. The van der Waals surface area contributed by atoms with Gasteiger partial charge in [-0.1, -0.05) is 49.1 Å². The van der Waals surface area contributed by atoms with Gasteiger partial charge in [-0.2, -0.15) is 13.2 Å². The highest BCUT2D eigenvalue weighted by molar-refractivity contribution is 6.31. The molecule has 216 valence electrons. The zero-order valence-corrected chi connectivity index (χ0v) is 23.0. The molecule has 1 fully saturated rings. The fourth-order valence-electron chi connectivity index (χ4n) is 4.76. The Kier molecular flexibility index (Phi) is 10.0. The number of ether oxygens (including phenoxy) is 1. The van der Waals surface area contributed by atoms with Crippen LogP contribution >= 0.6 is 11.6 Å². The number of carbonyl (C=O) groups excluding carboxylic acids is 1. The molecule has 0 heterocycles. The molecular weight excluding hydrogens is 557 g/mol. The van der Waals surface area contributed by atoms with Gasteiger partial charge in [-0.25, -0.2) is 4.79 Å². The van der Waals surface area contributed by atoms with Gasteiger partial charge < -0.3 is 15.2 Å². The molecule has 2 N–H and O–H groups in total. The van der Waals surface area contributed by atoms with Gasteiger partial charge in [0.05, 0.1) is 29.4 Å². The standard InChI is InChI=1S/C31H30ClF3N2O4/c32-28-17-12-24(19-27(28)31(33,34)35)36-30(40)37(25-13-10-23(11-14-25)22-5-2-1-3-6-22)20-21-8-15-26(16-9-21)41-18-4-7-29(38)39/h8-10,12-13,15-17,19,22H,1-7,18,20H2,(H,36,40)(H,38,39). The largest absolute Gasteiger partial charge is 0.494 e. The number of nitrogens with one attached hydrogen (secondary N) is 1. The second-order valence-electron chi connectivity index (χ2n) is 9.96. The van der Waals surface area contributed by atoms with Crippen molar-refractivity contribution in [2.45, 2.75) is 63.6 Å². The fourth-order valence-corrected chi connectivity index (χ4v) is 4.99. The van der Waals surface area contributed by atoms with E-state index in [0.717, 1.165) is 48.9 Å². The Hall–Kier alpha value is -3.90. The summed E-state index contributed by atoms with van der Waals surface area (Å²) < 4.78 is 45.7. The molecule has 6 nitrogen and oxygen atoms in total. The van der Waals surface area contributed by atoms with Gasteiger partial charge in [-0.3, -0.25) is 9.69 Å². The summed E-state index contributed by atoms with van der Waals surface area (Å²) >= 11 is 5.74. The predicted octanol–water partition coefficient (Wildman–Crippen LogP) is 8.49. The van der Waals surface area contributed by atoms with Crippen LogP contribution < -0.4 is 15.0 Å². The van der Waals surface area contributed by atoms with Crippen LogP contribution in [0.25, 0.3) is 0 Å². The minimum atomic E-state index is -4.67. The molecule has 1 saturated carbocycles. The fraction of sp³-hybridized carbons (Fsp3) is 0.355. The molecule has 0 aromatic heterocycles. The van der Waals surface area contributed by atoms with Crippen LogP contribution in [-0.4, -0.2) is 23.7 Å². The van der Waals surface area contributed by atoms with Crippen molar-refractivity contribution in [3.8, 4) is 5.75 Å². The number of carbonyl (C=O) groups is 2. The number of alkyl halides is 3. The van der Waals surface area contributed by atoms with Crippen LogP contribution in [0.5, 0.6) is 5.75 Å². The first kappa shape index (κ1) is 30.1. The van der Waals surface area contributed by atoms with E-state index in [0.29, 0.717) is 23.8 Å². The number of hydrogen-bond acceptors (Lipinski definition) is 3. The van der Waals surface area contributed by atoms with E-state index in [1.165, 1.54) is 17.4 Å². The number of hydrogen-bond donors (Lipinski definition) is 2. The number of amides is 2. The summed E-state index contributed by atoms with van der Waals surface area (Å²) in [7, 11) is 0. The number of rotatable bonds is 10. The molecule has 41 heavy (non-hydrogen) atoms. The average Bonchev–Trinajstić information content (AvgIpc) is 2.95. The SMILES string of the molecule is O=C(O)CCCOc1ccc(CN(C(=O)Nc2ccc(Cl)c(C(F)(F)F)c2)c2c#cc(C3CCCCC3)cc2)cc1. The van der Waals surface area contributed by atoms with E-state index in [2.05, 4.69) is 17.4 Å². The van der Waals surface area contributed by atoms with Gasteiger partial charge in [0.25, 0.3) is 0 Å². The number of halogens is 4. The first-order valence-corrected chi connectivity index (χ1v) is 13.8. The molecule has 0 radical (unpaired) electrons. The van der Waals surface area contributed by atoms with Crippen molar-refractivity contribution in [2.24, 2.45) is 0 Å². The van der Waals surface area contributed by atoms with Crippen molar-refractivity contribution in [2.75, 3.05) is 16.8 Å². The Morgan fingerprint density at radius 3 is 2.39 bits per heavy atom. The molecule has 0 atom stereocenters. The summed E-state index contributed by atoms with van der Waals surface area (Å²) in [5.74, 6) is 0.0540. The molecule has 2 amide bonds. The minimum absolute atomic E-state index is 0.00724. The molecule has 0 unspecified atom stereocenters. The molecule has 0 spiro atoms. The summed E-state index contributed by atoms with van der Waals surface area (Å²) in [4.78, 5) is 25.5. The lowest BCUT2D eigenvalue weighted by Crippen LogP contribution is -2.34. The second kappa shape index (κ2) is 13.6. The third-order valence-corrected chi connectivity index (χ3v) is 7.26. The van der Waals surface area contributed by atoms with Gasteiger partial charge in [-0.05, 0) is 79.3 Å². The van der Waals surface area contributed by atoms with Crippen LogP contribution in [0.2, 0.25) is 5.02 Å². The first-order valence-electron chi connectivity index (χ1n) is 13.4. The maximum atomic E-state index is 13.4. The van der Waals surface area contributed by atoms with E-state index < -0.39 is 28.8 Å². The van der Waals surface area contributed by atoms with Crippen LogP contribution in [0.15, 0.2) is 54.6 Å². The van der Waals surface area contributed by atoms with E-state index in [1.54, 1.807) is 30.3 Å². The maximum absolute atomic E-state index is 13.4. The van der Waals surface area contributed by atoms with Gasteiger partial charge in [0.15, 0.2) is 0 Å². The number of nitrogens with zero attached hydrogens (tertiary/aromatic N) is 1. The minimum Gasteiger partial charge on any atom is -0.494 e. The van der Waals surface area contributed by atoms with Crippen molar-refractivity contribution in [3.05, 3.63) is 88.4 Å². The van der Waals surface area contributed by atoms with Crippen LogP contribution in [-0.2, 0) is 17.5 Å². The quantitative estimate of drug-likeness (QED) is 0.233. The number of benzene rings is 2. The molecule has 0 bridgehead atoms. The number of carboxylic acids is 1. The topological polar surface area (TPSA) is 78.9 Å². The molecule has 1 aliphatic rings. The number of urea groups is 1. The summed E-state index contributed by atoms with van der Waals surface area (Å²) in [5, 5.41) is 10.8. The van der Waals surface area contributed by atoms with Gasteiger partial charge >= 0.3 is 18.2 Å². The van der Waals surface area contributed by atoms with E-state index >= 15 is 0 Å². The molecular formula is C31H30ClF3N2O4. The van der Waals surface area contributed by atoms with Crippen LogP contribution in [0.4, 0.5) is 29.3 Å². The zero-order valence-electron chi connectivity index (χ0n) is 22.3. The number of aliphatic carboxylic acids is 1. The van der Waals surface area contributed by atoms with Crippen molar-refractivity contribution in [1.82, 2.24) is 0 Å². The zero-order chi connectivity index (χ0) is 29.4. The van der Waals surface area contributed by atoms with E-state index in [1.807, 2.05) is 6.07 Å². The van der Waals surface area contributed by atoms with Crippen molar-refractivity contribution < 1.29 is 32.6 Å². The molecule has 0 aliphatic heterocycles. The highest BCUT2D eigenvalue weighted by atomic mass is 35.5. The molecule has 3 aromatic carbocycles. The summed E-state index contributed by atoms with van der Waals surface area (Å²) in [6.45, 7) is 0.345. The van der Waals surface area contributed by atoms with Gasteiger partial charge in [0.2, 0.25) is 0 Å². The average molecular weight is 587 g/mol. The monoisotopic (exact) mass is 586 g/mol. The molecule has 0 saturated heterocycles. The number of carboxylic acid groups (broad SMARTS) is 1. The molecule has 3 aromatic rings. The third kappa shape index (κ3) is 8.54. The molecule has 10 heteroatoms. The normalized spacial score (nSPS) is 13.8. The lowest BCUT2D eigenvalue weighted by Gasteiger charge is -2.24. The lowest BCUT2D eigenvalue weighted by atomic mass is 9.85. The lowest BCUT2D eigenvalue weighted by molar-refractivity contribution is -0.138. The summed E-state index contributed by atoms with van der Waals surface area (Å²) in [6.07, 6.45) is 1.41.